The van der Waals surface area contributed by atoms with E-state index in [1.165, 1.54) is 0 Å². The second-order valence-electron chi connectivity index (χ2n) is 4.86. The normalized spacial score (nSPS) is 24.9. The van der Waals surface area contributed by atoms with Gasteiger partial charge in [0.15, 0.2) is 0 Å². The van der Waals surface area contributed by atoms with Crippen molar-refractivity contribution in [2.45, 2.75) is 51.1 Å². The van der Waals surface area contributed by atoms with Crippen LogP contribution in [-0.2, 0) is 7.05 Å². The SMILES string of the molecule is CCCN(c1nnnn1C)C1CCC(N)CC1. The summed E-state index contributed by atoms with van der Waals surface area (Å²) < 4.78 is 1.75. The predicted molar refractivity (Wildman–Crippen MR) is 66.7 cm³/mol. The topological polar surface area (TPSA) is 72.9 Å². The van der Waals surface area contributed by atoms with Gasteiger partial charge in [0, 0.05) is 25.7 Å². The van der Waals surface area contributed by atoms with Crippen LogP contribution in [0.3, 0.4) is 0 Å². The van der Waals surface area contributed by atoms with Gasteiger partial charge in [0.1, 0.15) is 0 Å². The van der Waals surface area contributed by atoms with E-state index in [4.69, 9.17) is 5.73 Å². The van der Waals surface area contributed by atoms with Gasteiger partial charge >= 0.3 is 0 Å². The van der Waals surface area contributed by atoms with Crippen LogP contribution in [0.25, 0.3) is 0 Å². The van der Waals surface area contributed by atoms with Gasteiger partial charge in [0.2, 0.25) is 5.95 Å². The molecule has 0 atom stereocenters. The fraction of sp³-hybridized carbons (Fsp3) is 0.909. The van der Waals surface area contributed by atoms with Crippen LogP contribution in [0.5, 0.6) is 0 Å². The minimum absolute atomic E-state index is 0.382. The molecule has 1 heterocycles. The summed E-state index contributed by atoms with van der Waals surface area (Å²) in [6, 6.07) is 0.923. The summed E-state index contributed by atoms with van der Waals surface area (Å²) >= 11 is 0. The number of anilines is 1. The molecule has 1 aromatic rings. The molecule has 1 fully saturated rings. The first kappa shape index (κ1) is 12.3. The zero-order valence-corrected chi connectivity index (χ0v) is 10.7. The van der Waals surface area contributed by atoms with Crippen LogP contribution in [0.2, 0.25) is 0 Å². The monoisotopic (exact) mass is 238 g/mol. The molecule has 96 valence electrons. The maximum absolute atomic E-state index is 5.96. The molecule has 0 spiro atoms. The molecule has 0 aromatic carbocycles. The molecule has 0 saturated heterocycles. The van der Waals surface area contributed by atoms with E-state index in [2.05, 4.69) is 27.3 Å². The summed E-state index contributed by atoms with van der Waals surface area (Å²) in [5.41, 5.74) is 5.96. The van der Waals surface area contributed by atoms with Gasteiger partial charge in [-0.2, -0.15) is 0 Å². The molecule has 0 unspecified atom stereocenters. The van der Waals surface area contributed by atoms with E-state index >= 15 is 0 Å². The summed E-state index contributed by atoms with van der Waals surface area (Å²) in [6.45, 7) is 3.19. The third-order valence-electron chi connectivity index (χ3n) is 3.50. The van der Waals surface area contributed by atoms with Gasteiger partial charge in [0.05, 0.1) is 0 Å². The Balaban J connectivity index is 2.09. The van der Waals surface area contributed by atoms with E-state index in [0.29, 0.717) is 12.1 Å². The quantitative estimate of drug-likeness (QED) is 0.835. The average molecular weight is 238 g/mol. The number of nitrogens with zero attached hydrogens (tertiary/aromatic N) is 5. The van der Waals surface area contributed by atoms with Crippen molar-refractivity contribution in [1.29, 1.82) is 0 Å². The zero-order valence-electron chi connectivity index (χ0n) is 10.7. The van der Waals surface area contributed by atoms with Gasteiger partial charge in [-0.05, 0) is 42.5 Å². The van der Waals surface area contributed by atoms with Crippen LogP contribution in [0.1, 0.15) is 39.0 Å². The lowest BCUT2D eigenvalue weighted by Gasteiger charge is -2.35. The van der Waals surface area contributed by atoms with Crippen LogP contribution < -0.4 is 10.6 Å². The lowest BCUT2D eigenvalue weighted by atomic mass is 9.91. The molecule has 6 nitrogen and oxygen atoms in total. The molecule has 2 rings (SSSR count). The van der Waals surface area contributed by atoms with E-state index in [1.807, 2.05) is 7.05 Å². The van der Waals surface area contributed by atoms with E-state index < -0.39 is 0 Å². The van der Waals surface area contributed by atoms with Crippen molar-refractivity contribution in [3.05, 3.63) is 0 Å². The Bertz CT molecular complexity index is 341. The van der Waals surface area contributed by atoms with Crippen molar-refractivity contribution in [3.8, 4) is 0 Å². The fourth-order valence-electron chi connectivity index (χ4n) is 2.57. The highest BCUT2D eigenvalue weighted by molar-refractivity contribution is 5.30. The van der Waals surface area contributed by atoms with Gasteiger partial charge < -0.3 is 10.6 Å². The molecule has 0 aliphatic heterocycles. The summed E-state index contributed by atoms with van der Waals surface area (Å²) in [5, 5.41) is 11.8. The van der Waals surface area contributed by atoms with E-state index in [1.54, 1.807) is 4.68 Å². The maximum Gasteiger partial charge on any atom is 0.245 e. The first-order valence-corrected chi connectivity index (χ1v) is 6.47. The molecule has 0 radical (unpaired) electrons. The van der Waals surface area contributed by atoms with Crippen molar-refractivity contribution in [2.75, 3.05) is 11.4 Å². The second-order valence-corrected chi connectivity index (χ2v) is 4.86. The molecule has 1 saturated carbocycles. The number of aromatic nitrogens is 4. The molecule has 1 aliphatic carbocycles. The third-order valence-corrected chi connectivity index (χ3v) is 3.50. The van der Waals surface area contributed by atoms with Crippen molar-refractivity contribution >= 4 is 5.95 Å². The summed E-state index contributed by atoms with van der Waals surface area (Å²) in [6.07, 6.45) is 5.61. The Labute approximate surface area is 102 Å². The molecule has 0 amide bonds. The summed E-state index contributed by atoms with van der Waals surface area (Å²) in [7, 11) is 1.90. The van der Waals surface area contributed by atoms with Crippen LogP contribution >= 0.6 is 0 Å². The third kappa shape index (κ3) is 2.74. The van der Waals surface area contributed by atoms with Crippen LogP contribution in [0.4, 0.5) is 5.95 Å². The van der Waals surface area contributed by atoms with E-state index in [0.717, 1.165) is 44.6 Å². The van der Waals surface area contributed by atoms with Gasteiger partial charge in [-0.3, -0.25) is 0 Å². The summed E-state index contributed by atoms with van der Waals surface area (Å²) in [5.74, 6) is 0.882. The Morgan fingerprint density at radius 1 is 1.35 bits per heavy atom. The molecule has 2 N–H and O–H groups in total. The van der Waals surface area contributed by atoms with Gasteiger partial charge in [-0.15, -0.1) is 0 Å². The Morgan fingerprint density at radius 3 is 2.59 bits per heavy atom. The van der Waals surface area contributed by atoms with Gasteiger partial charge in [-0.1, -0.05) is 12.0 Å². The number of nitrogens with two attached hydrogens (primary N) is 1. The van der Waals surface area contributed by atoms with Crippen LogP contribution in [0.15, 0.2) is 0 Å². The fourth-order valence-corrected chi connectivity index (χ4v) is 2.57. The maximum atomic E-state index is 5.96. The number of aryl methyl sites for hydroxylation is 1. The second kappa shape index (κ2) is 5.44. The largest absolute Gasteiger partial charge is 0.337 e. The number of rotatable bonds is 4. The average Bonchev–Trinajstić information content (AvgIpc) is 2.74. The Hall–Kier alpha value is -1.17. The molecule has 0 bridgehead atoms. The Kier molecular flexibility index (Phi) is 3.93. The Morgan fingerprint density at radius 2 is 2.06 bits per heavy atom. The molecular formula is C11H22N6. The minimum Gasteiger partial charge on any atom is -0.337 e. The smallest absolute Gasteiger partial charge is 0.245 e. The standard InChI is InChI=1S/C11H22N6/c1-3-8-17(11-13-14-15-16(11)2)10-6-4-9(12)5-7-10/h9-10H,3-8,12H2,1-2H3. The summed E-state index contributed by atoms with van der Waals surface area (Å²) in [4.78, 5) is 2.34. The predicted octanol–water partition coefficient (Wildman–Crippen LogP) is 0.696. The molecule has 17 heavy (non-hydrogen) atoms. The van der Waals surface area contributed by atoms with Crippen molar-refractivity contribution in [3.63, 3.8) is 0 Å². The van der Waals surface area contributed by atoms with Crippen molar-refractivity contribution in [2.24, 2.45) is 12.8 Å². The minimum atomic E-state index is 0.382. The zero-order chi connectivity index (χ0) is 12.3. The lowest BCUT2D eigenvalue weighted by Crippen LogP contribution is -2.42. The van der Waals surface area contributed by atoms with E-state index in [9.17, 15) is 0 Å². The highest BCUT2D eigenvalue weighted by Crippen LogP contribution is 2.25. The lowest BCUT2D eigenvalue weighted by molar-refractivity contribution is 0.370. The molecular weight excluding hydrogens is 216 g/mol. The van der Waals surface area contributed by atoms with Crippen molar-refractivity contribution < 1.29 is 0 Å². The number of hydrogen-bond donors (Lipinski definition) is 1. The highest BCUT2D eigenvalue weighted by atomic mass is 15.6. The molecule has 1 aromatic heterocycles. The van der Waals surface area contributed by atoms with Gasteiger partial charge in [0.25, 0.3) is 0 Å². The van der Waals surface area contributed by atoms with Crippen LogP contribution in [-0.4, -0.2) is 38.8 Å². The van der Waals surface area contributed by atoms with Crippen molar-refractivity contribution in [1.82, 2.24) is 20.2 Å². The first-order valence-electron chi connectivity index (χ1n) is 6.47. The first-order chi connectivity index (χ1) is 8.22. The number of hydrogen-bond acceptors (Lipinski definition) is 5. The van der Waals surface area contributed by atoms with Gasteiger partial charge in [-0.25, -0.2) is 4.68 Å². The molecule has 6 heteroatoms. The van der Waals surface area contributed by atoms with Crippen LogP contribution in [0, 0.1) is 0 Å². The van der Waals surface area contributed by atoms with E-state index in [-0.39, 0.29) is 0 Å². The molecule has 1 aliphatic rings. The number of tetrazole rings is 1. The highest BCUT2D eigenvalue weighted by Gasteiger charge is 2.26.